The summed E-state index contributed by atoms with van der Waals surface area (Å²) in [6, 6.07) is 18.3. The number of carbonyl (C=O) groups excluding carboxylic acids is 1. The highest BCUT2D eigenvalue weighted by molar-refractivity contribution is 5.89. The van der Waals surface area contributed by atoms with Crippen LogP contribution in [-0.2, 0) is 17.9 Å². The molecule has 3 rings (SSSR count). The van der Waals surface area contributed by atoms with E-state index < -0.39 is 0 Å². The molecule has 0 saturated carbocycles. The molecule has 5 heteroatoms. The molecular formula is C22H29N3O2. The van der Waals surface area contributed by atoms with E-state index in [1.807, 2.05) is 31.3 Å². The predicted molar refractivity (Wildman–Crippen MR) is 109 cm³/mol. The molecule has 2 amide bonds. The topological polar surface area (TPSA) is 44.8 Å². The summed E-state index contributed by atoms with van der Waals surface area (Å²) in [6.45, 7) is 4.48. The Balaban J connectivity index is 1.44. The van der Waals surface area contributed by atoms with Crippen molar-refractivity contribution in [1.29, 1.82) is 0 Å². The van der Waals surface area contributed by atoms with E-state index in [9.17, 15) is 4.79 Å². The van der Waals surface area contributed by atoms with Gasteiger partial charge >= 0.3 is 6.03 Å². The third-order valence-corrected chi connectivity index (χ3v) is 5.01. The van der Waals surface area contributed by atoms with Crippen molar-refractivity contribution in [2.24, 2.45) is 5.92 Å². The lowest BCUT2D eigenvalue weighted by Gasteiger charge is -2.22. The molecule has 0 aliphatic carbocycles. The predicted octanol–water partition coefficient (Wildman–Crippen LogP) is 3.82. The minimum atomic E-state index is -0.0593. The summed E-state index contributed by atoms with van der Waals surface area (Å²) in [5, 5.41) is 2.97. The Kier molecular flexibility index (Phi) is 6.85. The fourth-order valence-electron chi connectivity index (χ4n) is 3.59. The highest BCUT2D eigenvalue weighted by Gasteiger charge is 2.24. The number of nitrogens with zero attached hydrogens (tertiary/aromatic N) is 2. The molecule has 5 nitrogen and oxygen atoms in total. The second-order valence-corrected chi connectivity index (χ2v) is 7.32. The molecule has 1 fully saturated rings. The quantitative estimate of drug-likeness (QED) is 0.809. The number of anilines is 1. The number of carbonyl (C=O) groups is 1. The van der Waals surface area contributed by atoms with Gasteiger partial charge in [-0.15, -0.1) is 0 Å². The molecule has 2 aromatic carbocycles. The van der Waals surface area contributed by atoms with Gasteiger partial charge in [0.05, 0.1) is 6.61 Å². The SMILES string of the molecule is COCc1ccc(NC(=O)N(C)C[C@H]2CCN(Cc3ccccc3)C2)cc1. The third-order valence-electron chi connectivity index (χ3n) is 5.01. The lowest BCUT2D eigenvalue weighted by Crippen LogP contribution is -2.36. The normalized spacial score (nSPS) is 17.0. The number of amides is 2. The molecule has 0 radical (unpaired) electrons. The summed E-state index contributed by atoms with van der Waals surface area (Å²) < 4.78 is 5.11. The third kappa shape index (κ3) is 5.81. The molecule has 2 aromatic rings. The molecule has 1 saturated heterocycles. The van der Waals surface area contributed by atoms with E-state index in [0.717, 1.165) is 43.9 Å². The zero-order valence-electron chi connectivity index (χ0n) is 16.2. The maximum absolute atomic E-state index is 12.5. The molecule has 1 aliphatic heterocycles. The van der Waals surface area contributed by atoms with Crippen LogP contribution in [0.1, 0.15) is 17.5 Å². The number of rotatable bonds is 7. The first kappa shape index (κ1) is 19.4. The van der Waals surface area contributed by atoms with E-state index >= 15 is 0 Å². The number of hydrogen-bond acceptors (Lipinski definition) is 3. The van der Waals surface area contributed by atoms with Crippen LogP contribution in [0.5, 0.6) is 0 Å². The average Bonchev–Trinajstić information content (AvgIpc) is 3.11. The van der Waals surface area contributed by atoms with Crippen LogP contribution in [0.4, 0.5) is 10.5 Å². The fourth-order valence-corrected chi connectivity index (χ4v) is 3.59. The van der Waals surface area contributed by atoms with Crippen molar-refractivity contribution >= 4 is 11.7 Å². The highest BCUT2D eigenvalue weighted by atomic mass is 16.5. The van der Waals surface area contributed by atoms with Gasteiger partial charge in [0.25, 0.3) is 0 Å². The monoisotopic (exact) mass is 367 g/mol. The molecule has 1 atom stereocenters. The maximum atomic E-state index is 12.5. The summed E-state index contributed by atoms with van der Waals surface area (Å²) >= 11 is 0. The molecule has 0 spiro atoms. The molecule has 1 aliphatic rings. The standard InChI is InChI=1S/C22H29N3O2/c1-24(22(26)23-21-10-8-19(9-11-21)17-27-2)14-20-12-13-25(16-20)15-18-6-4-3-5-7-18/h3-11,20H,12-17H2,1-2H3,(H,23,26)/t20-/m1/s1. The first-order chi connectivity index (χ1) is 13.1. The largest absolute Gasteiger partial charge is 0.380 e. The minimum absolute atomic E-state index is 0.0593. The zero-order chi connectivity index (χ0) is 19.1. The molecule has 0 unspecified atom stereocenters. The van der Waals surface area contributed by atoms with Gasteiger partial charge in [-0.05, 0) is 42.1 Å². The summed E-state index contributed by atoms with van der Waals surface area (Å²) in [5.74, 6) is 0.522. The molecule has 1 heterocycles. The Morgan fingerprint density at radius 2 is 1.89 bits per heavy atom. The second kappa shape index (κ2) is 9.53. The van der Waals surface area contributed by atoms with Gasteiger partial charge in [-0.1, -0.05) is 42.5 Å². The Bertz CT molecular complexity index is 718. The summed E-state index contributed by atoms with van der Waals surface area (Å²) in [4.78, 5) is 16.7. The van der Waals surface area contributed by atoms with Crippen LogP contribution in [0.3, 0.4) is 0 Å². The van der Waals surface area contributed by atoms with Crippen LogP contribution in [0.2, 0.25) is 0 Å². The maximum Gasteiger partial charge on any atom is 0.321 e. The zero-order valence-corrected chi connectivity index (χ0v) is 16.2. The van der Waals surface area contributed by atoms with E-state index in [1.165, 1.54) is 5.56 Å². The number of ether oxygens (including phenoxy) is 1. The van der Waals surface area contributed by atoms with Crippen molar-refractivity contribution in [3.05, 3.63) is 65.7 Å². The van der Waals surface area contributed by atoms with Gasteiger partial charge in [-0.25, -0.2) is 4.79 Å². The first-order valence-electron chi connectivity index (χ1n) is 9.50. The van der Waals surface area contributed by atoms with Crippen LogP contribution < -0.4 is 5.32 Å². The van der Waals surface area contributed by atoms with Crippen molar-refractivity contribution in [1.82, 2.24) is 9.80 Å². The van der Waals surface area contributed by atoms with Gasteiger partial charge in [-0.2, -0.15) is 0 Å². The summed E-state index contributed by atoms with van der Waals surface area (Å²) in [7, 11) is 3.54. The minimum Gasteiger partial charge on any atom is -0.380 e. The second-order valence-electron chi connectivity index (χ2n) is 7.32. The van der Waals surface area contributed by atoms with Crippen molar-refractivity contribution in [2.75, 3.05) is 39.1 Å². The van der Waals surface area contributed by atoms with E-state index in [0.29, 0.717) is 12.5 Å². The lowest BCUT2D eigenvalue weighted by molar-refractivity contribution is 0.185. The van der Waals surface area contributed by atoms with E-state index in [-0.39, 0.29) is 6.03 Å². The molecule has 144 valence electrons. The number of methoxy groups -OCH3 is 1. The van der Waals surface area contributed by atoms with E-state index in [1.54, 1.807) is 12.0 Å². The Hall–Kier alpha value is -2.37. The van der Waals surface area contributed by atoms with Gasteiger partial charge in [0.1, 0.15) is 0 Å². The van der Waals surface area contributed by atoms with E-state index in [2.05, 4.69) is 40.5 Å². The molecular weight excluding hydrogens is 338 g/mol. The van der Waals surface area contributed by atoms with Crippen molar-refractivity contribution in [3.63, 3.8) is 0 Å². The number of hydrogen-bond donors (Lipinski definition) is 1. The lowest BCUT2D eigenvalue weighted by atomic mass is 10.1. The number of likely N-dealkylation sites (tertiary alicyclic amines) is 1. The molecule has 27 heavy (non-hydrogen) atoms. The Morgan fingerprint density at radius 1 is 1.15 bits per heavy atom. The highest BCUT2D eigenvalue weighted by Crippen LogP contribution is 2.20. The van der Waals surface area contributed by atoms with Crippen LogP contribution in [0.15, 0.2) is 54.6 Å². The average molecular weight is 367 g/mol. The van der Waals surface area contributed by atoms with Gasteiger partial charge in [0.2, 0.25) is 0 Å². The summed E-state index contributed by atoms with van der Waals surface area (Å²) in [5.41, 5.74) is 3.25. The Labute approximate surface area is 161 Å². The molecule has 1 N–H and O–H groups in total. The van der Waals surface area contributed by atoms with Crippen molar-refractivity contribution in [2.45, 2.75) is 19.6 Å². The molecule has 0 aromatic heterocycles. The van der Waals surface area contributed by atoms with Crippen molar-refractivity contribution in [3.8, 4) is 0 Å². The van der Waals surface area contributed by atoms with Gasteiger partial charge in [0, 0.05) is 39.5 Å². The number of urea groups is 1. The van der Waals surface area contributed by atoms with Gasteiger partial charge in [-0.3, -0.25) is 4.90 Å². The fraction of sp³-hybridized carbons (Fsp3) is 0.409. The van der Waals surface area contributed by atoms with Crippen LogP contribution in [0.25, 0.3) is 0 Å². The number of benzene rings is 2. The first-order valence-corrected chi connectivity index (χ1v) is 9.50. The van der Waals surface area contributed by atoms with Crippen LogP contribution in [-0.4, -0.2) is 49.6 Å². The van der Waals surface area contributed by atoms with Gasteiger partial charge in [0.15, 0.2) is 0 Å². The van der Waals surface area contributed by atoms with Gasteiger partial charge < -0.3 is 15.0 Å². The Morgan fingerprint density at radius 3 is 2.59 bits per heavy atom. The number of nitrogens with one attached hydrogen (secondary N) is 1. The van der Waals surface area contributed by atoms with Crippen LogP contribution >= 0.6 is 0 Å². The molecule has 0 bridgehead atoms. The van der Waals surface area contributed by atoms with E-state index in [4.69, 9.17) is 4.74 Å². The summed E-state index contributed by atoms with van der Waals surface area (Å²) in [6.07, 6.45) is 1.14. The van der Waals surface area contributed by atoms with Crippen LogP contribution in [0, 0.1) is 5.92 Å². The smallest absolute Gasteiger partial charge is 0.321 e. The van der Waals surface area contributed by atoms with Crippen molar-refractivity contribution < 1.29 is 9.53 Å².